The van der Waals surface area contributed by atoms with Gasteiger partial charge in [-0.1, -0.05) is 89.6 Å². The summed E-state index contributed by atoms with van der Waals surface area (Å²) in [5, 5.41) is 0. The highest BCUT2D eigenvalue weighted by molar-refractivity contribution is 5.19. The Kier molecular flexibility index (Phi) is 8.62. The van der Waals surface area contributed by atoms with Gasteiger partial charge in [-0.05, 0) is 30.2 Å². The van der Waals surface area contributed by atoms with Gasteiger partial charge in [-0.3, -0.25) is 0 Å². The highest BCUT2D eigenvalue weighted by Crippen LogP contribution is 2.27. The van der Waals surface area contributed by atoms with Crippen LogP contribution in [0.15, 0.2) is 30.3 Å². The van der Waals surface area contributed by atoms with Gasteiger partial charge in [0, 0.05) is 0 Å². The van der Waals surface area contributed by atoms with Crippen molar-refractivity contribution in [2.75, 3.05) is 0 Å². The van der Waals surface area contributed by atoms with Crippen molar-refractivity contribution in [1.82, 2.24) is 0 Å². The summed E-state index contributed by atoms with van der Waals surface area (Å²) in [6.07, 6.45) is 11.1. The van der Waals surface area contributed by atoms with Crippen LogP contribution in [0.1, 0.15) is 83.6 Å². The van der Waals surface area contributed by atoms with Gasteiger partial charge in [-0.2, -0.15) is 0 Å². The Morgan fingerprint density at radius 1 is 0.842 bits per heavy atom. The van der Waals surface area contributed by atoms with Gasteiger partial charge < -0.3 is 0 Å². The maximum Gasteiger partial charge on any atom is -0.0164 e. The molecule has 0 heterocycles. The van der Waals surface area contributed by atoms with Crippen molar-refractivity contribution in [2.24, 2.45) is 5.92 Å². The molecular weight excluding hydrogens is 228 g/mol. The van der Waals surface area contributed by atoms with Crippen molar-refractivity contribution >= 4 is 0 Å². The first-order valence-corrected chi connectivity index (χ1v) is 8.32. The third-order valence-corrected chi connectivity index (χ3v) is 4.32. The van der Waals surface area contributed by atoms with Gasteiger partial charge in [-0.15, -0.1) is 0 Å². The fraction of sp³-hybridized carbons (Fsp3) is 0.684. The summed E-state index contributed by atoms with van der Waals surface area (Å²) >= 11 is 0. The molecule has 108 valence electrons. The van der Waals surface area contributed by atoms with Gasteiger partial charge in [0.1, 0.15) is 0 Å². The Balaban J connectivity index is 2.25. The predicted octanol–water partition coefficient (Wildman–Crippen LogP) is 6.57. The van der Waals surface area contributed by atoms with Gasteiger partial charge in [0.2, 0.25) is 0 Å². The zero-order valence-corrected chi connectivity index (χ0v) is 13.2. The molecule has 1 rings (SSSR count). The Morgan fingerprint density at radius 2 is 1.58 bits per heavy atom. The summed E-state index contributed by atoms with van der Waals surface area (Å²) in [7, 11) is 0. The van der Waals surface area contributed by atoms with Crippen molar-refractivity contribution < 1.29 is 0 Å². The smallest absolute Gasteiger partial charge is 0.0164 e. The van der Waals surface area contributed by atoms with Gasteiger partial charge in [0.15, 0.2) is 0 Å². The first kappa shape index (κ1) is 16.3. The molecule has 0 fully saturated rings. The minimum absolute atomic E-state index is 0.763. The number of hydrogen-bond acceptors (Lipinski definition) is 0. The van der Waals surface area contributed by atoms with Crippen molar-refractivity contribution in [2.45, 2.75) is 78.1 Å². The SMILES string of the molecule is CCCCCCC(C)CCC(CC)c1ccccc1. The lowest BCUT2D eigenvalue weighted by molar-refractivity contribution is 0.421. The molecule has 2 atom stereocenters. The van der Waals surface area contributed by atoms with Gasteiger partial charge in [-0.25, -0.2) is 0 Å². The van der Waals surface area contributed by atoms with Crippen LogP contribution in [0.5, 0.6) is 0 Å². The number of benzene rings is 1. The molecular formula is C19H32. The van der Waals surface area contributed by atoms with Crippen LogP contribution in [0.25, 0.3) is 0 Å². The van der Waals surface area contributed by atoms with Crippen LogP contribution in [0.4, 0.5) is 0 Å². The molecule has 0 bridgehead atoms. The second-order valence-electron chi connectivity index (χ2n) is 6.05. The molecule has 0 aliphatic carbocycles. The van der Waals surface area contributed by atoms with Crippen LogP contribution in [-0.4, -0.2) is 0 Å². The van der Waals surface area contributed by atoms with Gasteiger partial charge in [0.05, 0.1) is 0 Å². The Morgan fingerprint density at radius 3 is 2.21 bits per heavy atom. The quantitative estimate of drug-likeness (QED) is 0.417. The maximum atomic E-state index is 2.43. The van der Waals surface area contributed by atoms with E-state index in [1.807, 2.05) is 0 Å². The molecule has 2 unspecified atom stereocenters. The zero-order chi connectivity index (χ0) is 13.9. The average molecular weight is 260 g/mol. The molecule has 0 N–H and O–H groups in total. The zero-order valence-electron chi connectivity index (χ0n) is 13.2. The summed E-state index contributed by atoms with van der Waals surface area (Å²) in [5.74, 6) is 1.66. The van der Waals surface area contributed by atoms with E-state index in [9.17, 15) is 0 Å². The van der Waals surface area contributed by atoms with Gasteiger partial charge in [0.25, 0.3) is 0 Å². The van der Waals surface area contributed by atoms with E-state index in [4.69, 9.17) is 0 Å². The highest BCUT2D eigenvalue weighted by atomic mass is 14.2. The van der Waals surface area contributed by atoms with Crippen molar-refractivity contribution in [3.05, 3.63) is 35.9 Å². The van der Waals surface area contributed by atoms with E-state index in [0.717, 1.165) is 11.8 Å². The van der Waals surface area contributed by atoms with Crippen LogP contribution in [0.3, 0.4) is 0 Å². The van der Waals surface area contributed by atoms with Crippen LogP contribution in [0, 0.1) is 5.92 Å². The Hall–Kier alpha value is -0.780. The van der Waals surface area contributed by atoms with E-state index in [1.165, 1.54) is 56.9 Å². The molecule has 0 spiro atoms. The summed E-state index contributed by atoms with van der Waals surface area (Å²) in [6.45, 7) is 7.04. The van der Waals surface area contributed by atoms with E-state index in [2.05, 4.69) is 51.1 Å². The molecule has 0 saturated heterocycles. The minimum Gasteiger partial charge on any atom is -0.0654 e. The second kappa shape index (κ2) is 10.1. The highest BCUT2D eigenvalue weighted by Gasteiger charge is 2.11. The first-order chi connectivity index (χ1) is 9.27. The molecule has 0 heteroatoms. The second-order valence-corrected chi connectivity index (χ2v) is 6.05. The lowest BCUT2D eigenvalue weighted by Crippen LogP contribution is -2.02. The summed E-state index contributed by atoms with van der Waals surface area (Å²) in [4.78, 5) is 0. The molecule has 0 nitrogen and oxygen atoms in total. The molecule has 19 heavy (non-hydrogen) atoms. The van der Waals surface area contributed by atoms with Crippen LogP contribution in [0.2, 0.25) is 0 Å². The third kappa shape index (κ3) is 6.80. The fourth-order valence-corrected chi connectivity index (χ4v) is 2.88. The fourth-order valence-electron chi connectivity index (χ4n) is 2.88. The molecule has 0 aliphatic heterocycles. The van der Waals surface area contributed by atoms with Crippen molar-refractivity contribution in [3.63, 3.8) is 0 Å². The molecule has 0 saturated carbocycles. The van der Waals surface area contributed by atoms with E-state index < -0.39 is 0 Å². The van der Waals surface area contributed by atoms with E-state index in [1.54, 1.807) is 0 Å². The lowest BCUT2D eigenvalue weighted by atomic mass is 9.87. The summed E-state index contributed by atoms with van der Waals surface area (Å²) in [5.41, 5.74) is 1.53. The molecule has 1 aromatic rings. The molecule has 0 amide bonds. The first-order valence-electron chi connectivity index (χ1n) is 8.32. The predicted molar refractivity (Wildman–Crippen MR) is 86.6 cm³/mol. The monoisotopic (exact) mass is 260 g/mol. The molecule has 1 aromatic carbocycles. The topological polar surface area (TPSA) is 0 Å². The van der Waals surface area contributed by atoms with Gasteiger partial charge >= 0.3 is 0 Å². The number of hydrogen-bond donors (Lipinski definition) is 0. The molecule has 0 aromatic heterocycles. The Labute approximate surface area is 120 Å². The van der Waals surface area contributed by atoms with Crippen LogP contribution in [-0.2, 0) is 0 Å². The molecule has 0 radical (unpaired) electrons. The summed E-state index contributed by atoms with van der Waals surface area (Å²) in [6, 6.07) is 11.0. The number of unbranched alkanes of at least 4 members (excludes halogenated alkanes) is 3. The number of rotatable bonds is 10. The van der Waals surface area contributed by atoms with E-state index >= 15 is 0 Å². The Bertz CT molecular complexity index is 301. The van der Waals surface area contributed by atoms with Crippen LogP contribution >= 0.6 is 0 Å². The largest absolute Gasteiger partial charge is 0.0654 e. The van der Waals surface area contributed by atoms with E-state index in [0.29, 0.717) is 0 Å². The summed E-state index contributed by atoms with van der Waals surface area (Å²) < 4.78 is 0. The van der Waals surface area contributed by atoms with Crippen molar-refractivity contribution in [3.8, 4) is 0 Å². The van der Waals surface area contributed by atoms with E-state index in [-0.39, 0.29) is 0 Å². The van der Waals surface area contributed by atoms with Crippen LogP contribution < -0.4 is 0 Å². The minimum atomic E-state index is 0.763. The third-order valence-electron chi connectivity index (χ3n) is 4.32. The van der Waals surface area contributed by atoms with Crippen molar-refractivity contribution in [1.29, 1.82) is 0 Å². The normalized spacial score (nSPS) is 14.3. The molecule has 0 aliphatic rings. The average Bonchev–Trinajstić information content (AvgIpc) is 2.45. The lowest BCUT2D eigenvalue weighted by Gasteiger charge is -2.18. The standard InChI is InChI=1S/C19H32/c1-4-6-7-9-12-17(3)15-16-18(5-2)19-13-10-8-11-14-19/h8,10-11,13-14,17-18H,4-7,9,12,15-16H2,1-3H3. The maximum absolute atomic E-state index is 2.43.